The van der Waals surface area contributed by atoms with E-state index in [0.717, 1.165) is 30.0 Å². The van der Waals surface area contributed by atoms with Gasteiger partial charge < -0.3 is 14.8 Å². The van der Waals surface area contributed by atoms with Gasteiger partial charge in [-0.15, -0.1) is 0 Å². The van der Waals surface area contributed by atoms with Crippen LogP contribution in [0.1, 0.15) is 31.2 Å². The summed E-state index contributed by atoms with van der Waals surface area (Å²) in [6.07, 6.45) is 5.30. The molecular formula is C18H28N2O2. The highest BCUT2D eigenvalue weighted by atomic mass is 16.5. The number of nitrogens with one attached hydrogen (secondary N) is 1. The first kappa shape index (κ1) is 15.6. The Kier molecular flexibility index (Phi) is 5.21. The van der Waals surface area contributed by atoms with Gasteiger partial charge in [0.15, 0.2) is 0 Å². The van der Waals surface area contributed by atoms with Gasteiger partial charge in [0.25, 0.3) is 0 Å². The minimum atomic E-state index is 0.769. The van der Waals surface area contributed by atoms with Crippen molar-refractivity contribution in [2.75, 3.05) is 33.9 Å². The van der Waals surface area contributed by atoms with Gasteiger partial charge in [-0.25, -0.2) is 0 Å². The van der Waals surface area contributed by atoms with E-state index in [2.05, 4.69) is 16.3 Å². The Labute approximate surface area is 133 Å². The first-order chi connectivity index (χ1) is 10.8. The molecule has 2 aliphatic rings. The quantitative estimate of drug-likeness (QED) is 0.840. The zero-order valence-electron chi connectivity index (χ0n) is 13.8. The van der Waals surface area contributed by atoms with Gasteiger partial charge >= 0.3 is 0 Å². The van der Waals surface area contributed by atoms with Crippen molar-refractivity contribution in [1.82, 2.24) is 10.2 Å². The Balaban J connectivity index is 1.70. The van der Waals surface area contributed by atoms with Crippen molar-refractivity contribution in [2.45, 2.75) is 38.3 Å². The van der Waals surface area contributed by atoms with Gasteiger partial charge in [-0.2, -0.15) is 0 Å². The van der Waals surface area contributed by atoms with Crippen LogP contribution >= 0.6 is 0 Å². The summed E-state index contributed by atoms with van der Waals surface area (Å²) < 4.78 is 10.9. The topological polar surface area (TPSA) is 33.7 Å². The molecule has 4 nitrogen and oxygen atoms in total. The molecule has 1 aromatic rings. The van der Waals surface area contributed by atoms with Crippen LogP contribution < -0.4 is 14.8 Å². The number of methoxy groups -OCH3 is 2. The number of benzene rings is 1. The van der Waals surface area contributed by atoms with E-state index < -0.39 is 0 Å². The first-order valence-electron chi connectivity index (χ1n) is 8.46. The standard InChI is InChI=1S/C18H28N2O2/c1-21-17-5-6-18(22-2)15(11-17)13-20(16-3-4-16)12-14-7-9-19-10-8-14/h5-6,11,14,16,19H,3-4,7-10,12-13H2,1-2H3. The summed E-state index contributed by atoms with van der Waals surface area (Å²) in [7, 11) is 3.47. The van der Waals surface area contributed by atoms with Crippen molar-refractivity contribution >= 4 is 0 Å². The van der Waals surface area contributed by atoms with Gasteiger partial charge in [-0.3, -0.25) is 4.90 Å². The van der Waals surface area contributed by atoms with E-state index in [9.17, 15) is 0 Å². The Hall–Kier alpha value is -1.26. The molecule has 1 aliphatic heterocycles. The van der Waals surface area contributed by atoms with Gasteiger partial charge in [-0.1, -0.05) is 0 Å². The van der Waals surface area contributed by atoms with Crippen LogP contribution in [0, 0.1) is 5.92 Å². The molecule has 22 heavy (non-hydrogen) atoms. The molecule has 0 bridgehead atoms. The van der Waals surface area contributed by atoms with Crippen molar-refractivity contribution in [3.8, 4) is 11.5 Å². The minimum Gasteiger partial charge on any atom is -0.497 e. The zero-order valence-corrected chi connectivity index (χ0v) is 13.8. The van der Waals surface area contributed by atoms with E-state index in [1.54, 1.807) is 14.2 Å². The Morgan fingerprint density at radius 1 is 1.09 bits per heavy atom. The molecule has 0 amide bonds. The van der Waals surface area contributed by atoms with Crippen LogP contribution in [0.15, 0.2) is 18.2 Å². The van der Waals surface area contributed by atoms with Crippen molar-refractivity contribution in [2.24, 2.45) is 5.92 Å². The third-order valence-corrected chi connectivity index (χ3v) is 4.88. The molecule has 122 valence electrons. The Morgan fingerprint density at radius 3 is 2.50 bits per heavy atom. The lowest BCUT2D eigenvalue weighted by Crippen LogP contribution is -2.37. The van der Waals surface area contributed by atoms with Crippen molar-refractivity contribution in [1.29, 1.82) is 0 Å². The maximum atomic E-state index is 5.54. The van der Waals surface area contributed by atoms with Gasteiger partial charge in [0.1, 0.15) is 11.5 Å². The van der Waals surface area contributed by atoms with Crippen LogP contribution in [0.5, 0.6) is 11.5 Å². The van der Waals surface area contributed by atoms with Gasteiger partial charge in [0.2, 0.25) is 0 Å². The fourth-order valence-electron chi connectivity index (χ4n) is 3.40. The monoisotopic (exact) mass is 304 g/mol. The number of hydrogen-bond acceptors (Lipinski definition) is 4. The molecule has 1 aromatic carbocycles. The lowest BCUT2D eigenvalue weighted by atomic mass is 9.97. The lowest BCUT2D eigenvalue weighted by molar-refractivity contribution is 0.188. The molecule has 1 aliphatic carbocycles. The molecule has 0 spiro atoms. The van der Waals surface area contributed by atoms with E-state index in [1.807, 2.05) is 12.1 Å². The number of hydrogen-bond donors (Lipinski definition) is 1. The number of nitrogens with zero attached hydrogens (tertiary/aromatic N) is 1. The van der Waals surface area contributed by atoms with E-state index >= 15 is 0 Å². The second-order valence-corrected chi connectivity index (χ2v) is 6.53. The fourth-order valence-corrected chi connectivity index (χ4v) is 3.40. The van der Waals surface area contributed by atoms with E-state index in [0.29, 0.717) is 0 Å². The molecule has 4 heteroatoms. The fraction of sp³-hybridized carbons (Fsp3) is 0.667. The largest absolute Gasteiger partial charge is 0.497 e. The average Bonchev–Trinajstić information content (AvgIpc) is 3.40. The molecule has 0 atom stereocenters. The molecule has 1 saturated heterocycles. The second kappa shape index (κ2) is 7.34. The molecule has 2 fully saturated rings. The highest BCUT2D eigenvalue weighted by molar-refractivity contribution is 5.40. The highest BCUT2D eigenvalue weighted by Gasteiger charge is 2.31. The normalized spacial score (nSPS) is 19.4. The average molecular weight is 304 g/mol. The number of rotatable bonds is 7. The summed E-state index contributed by atoms with van der Waals surface area (Å²) >= 11 is 0. The van der Waals surface area contributed by atoms with Crippen LogP contribution in [0.4, 0.5) is 0 Å². The zero-order chi connectivity index (χ0) is 15.4. The van der Waals surface area contributed by atoms with Crippen molar-refractivity contribution < 1.29 is 9.47 Å². The van der Waals surface area contributed by atoms with Crippen LogP contribution in [0.3, 0.4) is 0 Å². The molecule has 1 saturated carbocycles. The van der Waals surface area contributed by atoms with Gasteiger partial charge in [-0.05, 0) is 62.9 Å². The second-order valence-electron chi connectivity index (χ2n) is 6.53. The van der Waals surface area contributed by atoms with E-state index in [-0.39, 0.29) is 0 Å². The van der Waals surface area contributed by atoms with Crippen LogP contribution in [-0.2, 0) is 6.54 Å². The van der Waals surface area contributed by atoms with Gasteiger partial charge in [0.05, 0.1) is 14.2 Å². The number of piperidine rings is 1. The predicted octanol–water partition coefficient (Wildman–Crippen LogP) is 2.67. The van der Waals surface area contributed by atoms with Crippen LogP contribution in [0.25, 0.3) is 0 Å². The third kappa shape index (κ3) is 3.93. The molecule has 1 N–H and O–H groups in total. The lowest BCUT2D eigenvalue weighted by Gasteiger charge is -2.30. The molecule has 0 radical (unpaired) electrons. The third-order valence-electron chi connectivity index (χ3n) is 4.88. The molecule has 0 aromatic heterocycles. The Morgan fingerprint density at radius 2 is 1.86 bits per heavy atom. The SMILES string of the molecule is COc1ccc(OC)c(CN(CC2CCNCC2)C2CC2)c1. The summed E-state index contributed by atoms with van der Waals surface area (Å²) in [6.45, 7) is 4.53. The predicted molar refractivity (Wildman–Crippen MR) is 88.6 cm³/mol. The van der Waals surface area contributed by atoms with Crippen molar-refractivity contribution in [3.63, 3.8) is 0 Å². The molecule has 1 heterocycles. The number of ether oxygens (including phenoxy) is 2. The first-order valence-corrected chi connectivity index (χ1v) is 8.46. The van der Waals surface area contributed by atoms with Crippen LogP contribution in [-0.4, -0.2) is 44.8 Å². The maximum Gasteiger partial charge on any atom is 0.123 e. The summed E-state index contributed by atoms with van der Waals surface area (Å²) in [5, 5.41) is 3.46. The highest BCUT2D eigenvalue weighted by Crippen LogP contribution is 2.33. The molecule has 3 rings (SSSR count). The summed E-state index contributed by atoms with van der Waals surface area (Å²) in [4.78, 5) is 2.66. The smallest absolute Gasteiger partial charge is 0.123 e. The van der Waals surface area contributed by atoms with Crippen molar-refractivity contribution in [3.05, 3.63) is 23.8 Å². The Bertz CT molecular complexity index is 482. The summed E-state index contributed by atoms with van der Waals surface area (Å²) in [5.74, 6) is 2.71. The van der Waals surface area contributed by atoms with E-state index in [1.165, 1.54) is 50.9 Å². The maximum absolute atomic E-state index is 5.54. The minimum absolute atomic E-state index is 0.769. The van der Waals surface area contributed by atoms with E-state index in [4.69, 9.17) is 9.47 Å². The molecule has 0 unspecified atom stereocenters. The summed E-state index contributed by atoms with van der Waals surface area (Å²) in [6, 6.07) is 6.88. The summed E-state index contributed by atoms with van der Waals surface area (Å²) in [5.41, 5.74) is 1.24. The van der Waals surface area contributed by atoms with Crippen LogP contribution in [0.2, 0.25) is 0 Å². The molecular weight excluding hydrogens is 276 g/mol. The van der Waals surface area contributed by atoms with Gasteiger partial charge in [0, 0.05) is 24.7 Å².